The summed E-state index contributed by atoms with van der Waals surface area (Å²) in [5.41, 5.74) is 10.2. The Morgan fingerprint density at radius 2 is 2.24 bits per heavy atom. The van der Waals surface area contributed by atoms with E-state index in [9.17, 15) is 5.11 Å². The normalized spacial score (nSPS) is 17.6. The van der Waals surface area contributed by atoms with Crippen LogP contribution >= 0.6 is 0 Å². The first-order valence-corrected chi connectivity index (χ1v) is 6.82. The smallest absolute Gasteiger partial charge is 0.146 e. The van der Waals surface area contributed by atoms with Crippen LogP contribution in [0.3, 0.4) is 0 Å². The summed E-state index contributed by atoms with van der Waals surface area (Å²) < 4.78 is 7.29. The second-order valence-corrected chi connectivity index (χ2v) is 5.39. The summed E-state index contributed by atoms with van der Waals surface area (Å²) >= 11 is 0. The van der Waals surface area contributed by atoms with Crippen LogP contribution in [0.2, 0.25) is 0 Å². The molecule has 0 amide bonds. The Labute approximate surface area is 120 Å². The van der Waals surface area contributed by atoms with E-state index in [0.29, 0.717) is 23.7 Å². The van der Waals surface area contributed by atoms with Gasteiger partial charge >= 0.3 is 0 Å². The molecule has 108 valence electrons. The molecular formula is C14H15N5O2. The Morgan fingerprint density at radius 1 is 1.43 bits per heavy atom. The molecule has 21 heavy (non-hydrogen) atoms. The number of aromatic nitrogens is 4. The lowest BCUT2D eigenvalue weighted by molar-refractivity contribution is 0.166. The maximum absolute atomic E-state index is 10.4. The van der Waals surface area contributed by atoms with Crippen LogP contribution in [-0.4, -0.2) is 24.8 Å². The molecule has 7 heteroatoms. The molecule has 0 bridgehead atoms. The maximum atomic E-state index is 10.4. The van der Waals surface area contributed by atoms with Crippen LogP contribution in [0.5, 0.6) is 0 Å². The van der Waals surface area contributed by atoms with Crippen molar-refractivity contribution >= 4 is 16.9 Å². The number of hydrogen-bond donors (Lipinski definition) is 2. The van der Waals surface area contributed by atoms with Gasteiger partial charge in [-0.25, -0.2) is 9.97 Å². The average Bonchev–Trinajstić information content (AvgIpc) is 2.91. The van der Waals surface area contributed by atoms with Gasteiger partial charge in [-0.05, 0) is 19.8 Å². The summed E-state index contributed by atoms with van der Waals surface area (Å²) in [5.74, 6) is 1.05. The van der Waals surface area contributed by atoms with E-state index in [-0.39, 0.29) is 0 Å². The standard InChI is InChI=1S/C14H15N5O2/c1-6-9-8(20)4-3-7-10(12(9)18-21-6)11-13(15)16-5-17-14(11)19(7)2/h5,8,20H,3-4H2,1-2H3,(H2,15,16,17)/t8-/m1/s1. The molecule has 3 aromatic heterocycles. The fraction of sp³-hybridized carbons (Fsp3) is 0.357. The second kappa shape index (κ2) is 4.05. The first-order chi connectivity index (χ1) is 10.1. The van der Waals surface area contributed by atoms with Gasteiger partial charge in [0.2, 0.25) is 0 Å². The lowest BCUT2D eigenvalue weighted by Gasteiger charge is -2.07. The van der Waals surface area contributed by atoms with E-state index in [1.807, 2.05) is 18.5 Å². The fourth-order valence-electron chi connectivity index (χ4n) is 3.24. The molecule has 7 nitrogen and oxygen atoms in total. The van der Waals surface area contributed by atoms with Gasteiger partial charge in [-0.1, -0.05) is 5.16 Å². The number of fused-ring (bicyclic) bond motifs is 5. The summed E-state index contributed by atoms with van der Waals surface area (Å²) in [6, 6.07) is 0. The highest BCUT2D eigenvalue weighted by atomic mass is 16.5. The van der Waals surface area contributed by atoms with Gasteiger partial charge in [0.15, 0.2) is 0 Å². The summed E-state index contributed by atoms with van der Waals surface area (Å²) in [6.45, 7) is 1.81. The Balaban J connectivity index is 2.19. The Hall–Kier alpha value is -2.41. The van der Waals surface area contributed by atoms with E-state index in [0.717, 1.165) is 34.3 Å². The molecule has 3 aromatic rings. The van der Waals surface area contributed by atoms with Crippen molar-refractivity contribution in [2.45, 2.75) is 25.9 Å². The van der Waals surface area contributed by atoms with Gasteiger partial charge in [-0.2, -0.15) is 0 Å². The lowest BCUT2D eigenvalue weighted by Crippen LogP contribution is -2.02. The van der Waals surface area contributed by atoms with Crippen LogP contribution in [0, 0.1) is 6.92 Å². The highest BCUT2D eigenvalue weighted by Gasteiger charge is 2.31. The second-order valence-electron chi connectivity index (χ2n) is 5.39. The first kappa shape index (κ1) is 12.3. The van der Waals surface area contributed by atoms with E-state index in [1.54, 1.807) is 0 Å². The van der Waals surface area contributed by atoms with E-state index < -0.39 is 6.10 Å². The van der Waals surface area contributed by atoms with Crippen LogP contribution in [-0.2, 0) is 13.5 Å². The van der Waals surface area contributed by atoms with Crippen molar-refractivity contribution in [3.8, 4) is 11.3 Å². The predicted octanol–water partition coefficient (Wildman–Crippen LogP) is 1.49. The Morgan fingerprint density at radius 3 is 3.05 bits per heavy atom. The van der Waals surface area contributed by atoms with Gasteiger partial charge in [-0.15, -0.1) is 0 Å². The average molecular weight is 285 g/mol. The number of nitrogens with zero attached hydrogens (tertiary/aromatic N) is 4. The summed E-state index contributed by atoms with van der Waals surface area (Å²) in [4.78, 5) is 8.42. The zero-order chi connectivity index (χ0) is 14.7. The zero-order valence-corrected chi connectivity index (χ0v) is 11.8. The zero-order valence-electron chi connectivity index (χ0n) is 11.8. The van der Waals surface area contributed by atoms with Gasteiger partial charge in [0, 0.05) is 18.3 Å². The molecule has 0 aliphatic heterocycles. The van der Waals surface area contributed by atoms with E-state index in [1.165, 1.54) is 6.33 Å². The summed E-state index contributed by atoms with van der Waals surface area (Å²) in [5, 5.41) is 15.3. The molecule has 0 radical (unpaired) electrons. The van der Waals surface area contributed by atoms with Crippen LogP contribution in [0.15, 0.2) is 10.9 Å². The molecule has 0 aromatic carbocycles. The highest BCUT2D eigenvalue weighted by molar-refractivity contribution is 6.02. The molecule has 1 aliphatic carbocycles. The fourth-order valence-corrected chi connectivity index (χ4v) is 3.24. The van der Waals surface area contributed by atoms with E-state index >= 15 is 0 Å². The number of rotatable bonds is 0. The van der Waals surface area contributed by atoms with Crippen LogP contribution in [0.1, 0.15) is 29.5 Å². The first-order valence-electron chi connectivity index (χ1n) is 6.82. The van der Waals surface area contributed by atoms with Crippen LogP contribution in [0.4, 0.5) is 5.82 Å². The number of nitrogen functional groups attached to an aromatic ring is 1. The number of hydrogen-bond acceptors (Lipinski definition) is 6. The monoisotopic (exact) mass is 285 g/mol. The van der Waals surface area contributed by atoms with E-state index in [4.69, 9.17) is 10.3 Å². The van der Waals surface area contributed by atoms with Crippen molar-refractivity contribution < 1.29 is 9.63 Å². The molecular weight excluding hydrogens is 270 g/mol. The van der Waals surface area contributed by atoms with Crippen molar-refractivity contribution in [1.29, 1.82) is 0 Å². The Bertz CT molecular complexity index is 864. The molecule has 0 saturated heterocycles. The largest absolute Gasteiger partial charge is 0.388 e. The third-order valence-corrected chi connectivity index (χ3v) is 4.25. The lowest BCUT2D eigenvalue weighted by atomic mass is 10.0. The molecule has 0 saturated carbocycles. The topological polar surface area (TPSA) is 103 Å². The third kappa shape index (κ3) is 1.49. The van der Waals surface area contributed by atoms with Crippen LogP contribution < -0.4 is 5.73 Å². The molecule has 4 rings (SSSR count). The molecule has 3 heterocycles. The number of aliphatic hydroxyl groups excluding tert-OH is 1. The number of aliphatic hydroxyl groups is 1. The predicted molar refractivity (Wildman–Crippen MR) is 76.4 cm³/mol. The van der Waals surface area contributed by atoms with Gasteiger partial charge in [0.05, 0.1) is 17.1 Å². The van der Waals surface area contributed by atoms with Crippen molar-refractivity contribution in [3.63, 3.8) is 0 Å². The number of aryl methyl sites for hydroxylation is 2. The maximum Gasteiger partial charge on any atom is 0.146 e. The highest BCUT2D eigenvalue weighted by Crippen LogP contribution is 2.43. The quantitative estimate of drug-likeness (QED) is 0.648. The van der Waals surface area contributed by atoms with Gasteiger partial charge in [-0.3, -0.25) is 0 Å². The Kier molecular flexibility index (Phi) is 2.38. The number of nitrogens with two attached hydrogens (primary N) is 1. The number of anilines is 1. The van der Waals surface area contributed by atoms with Crippen LogP contribution in [0.25, 0.3) is 22.3 Å². The van der Waals surface area contributed by atoms with E-state index in [2.05, 4.69) is 15.1 Å². The SMILES string of the molecule is Cc1onc2c1[C@H](O)CCc1c-2c2c(N)ncnc2n1C. The molecule has 0 unspecified atom stereocenters. The summed E-state index contributed by atoms with van der Waals surface area (Å²) in [7, 11) is 1.94. The summed E-state index contributed by atoms with van der Waals surface area (Å²) in [6.07, 6.45) is 2.21. The third-order valence-electron chi connectivity index (χ3n) is 4.25. The molecule has 0 spiro atoms. The molecule has 3 N–H and O–H groups in total. The van der Waals surface area contributed by atoms with Gasteiger partial charge < -0.3 is 19.9 Å². The van der Waals surface area contributed by atoms with Crippen molar-refractivity contribution in [2.24, 2.45) is 7.05 Å². The minimum atomic E-state index is -0.584. The molecule has 1 aliphatic rings. The molecule has 0 fully saturated rings. The van der Waals surface area contributed by atoms with Crippen molar-refractivity contribution in [3.05, 3.63) is 23.3 Å². The van der Waals surface area contributed by atoms with Gasteiger partial charge in [0.25, 0.3) is 0 Å². The molecule has 1 atom stereocenters. The minimum Gasteiger partial charge on any atom is -0.388 e. The van der Waals surface area contributed by atoms with Crippen molar-refractivity contribution in [1.82, 2.24) is 19.7 Å². The minimum absolute atomic E-state index is 0.417. The van der Waals surface area contributed by atoms with Crippen molar-refractivity contribution in [2.75, 3.05) is 5.73 Å². The van der Waals surface area contributed by atoms with Gasteiger partial charge in [0.1, 0.15) is 29.2 Å².